The van der Waals surface area contributed by atoms with Crippen molar-refractivity contribution in [1.29, 1.82) is 0 Å². The van der Waals surface area contributed by atoms with E-state index in [1.54, 1.807) is 6.07 Å². The lowest BCUT2D eigenvalue weighted by Crippen LogP contribution is -1.99. The van der Waals surface area contributed by atoms with Crippen molar-refractivity contribution in [1.82, 2.24) is 4.98 Å². The lowest BCUT2D eigenvalue weighted by atomic mass is 10.1. The summed E-state index contributed by atoms with van der Waals surface area (Å²) in [5, 5.41) is 9.79. The molecule has 0 saturated heterocycles. The van der Waals surface area contributed by atoms with Crippen LogP contribution in [0.25, 0.3) is 10.9 Å². The molecule has 0 amide bonds. The number of hydrogen-bond donors (Lipinski definition) is 1. The third-order valence-corrected chi connectivity index (χ3v) is 2.79. The number of aromatic carboxylic acids is 1. The summed E-state index contributed by atoms with van der Waals surface area (Å²) in [6.45, 7) is 3.86. The monoisotopic (exact) mass is 231 g/mol. The molecular weight excluding hydrogens is 218 g/mol. The van der Waals surface area contributed by atoms with Crippen molar-refractivity contribution in [3.8, 4) is 5.75 Å². The quantitative estimate of drug-likeness (QED) is 0.862. The molecule has 0 radical (unpaired) electrons. The Morgan fingerprint density at radius 1 is 1.29 bits per heavy atom. The Labute approximate surface area is 98.9 Å². The molecule has 1 aromatic heterocycles. The van der Waals surface area contributed by atoms with E-state index in [2.05, 4.69) is 4.98 Å². The molecule has 0 fully saturated rings. The summed E-state index contributed by atoms with van der Waals surface area (Å²) in [6.07, 6.45) is 0. The minimum atomic E-state index is -0.969. The van der Waals surface area contributed by atoms with Crippen LogP contribution in [0.15, 0.2) is 18.2 Å². The fraction of sp³-hybridized carbons (Fsp3) is 0.231. The van der Waals surface area contributed by atoms with Gasteiger partial charge in [-0.3, -0.25) is 0 Å². The maximum atomic E-state index is 11.0. The van der Waals surface area contributed by atoms with Crippen molar-refractivity contribution >= 4 is 16.9 Å². The van der Waals surface area contributed by atoms with Gasteiger partial charge >= 0.3 is 5.97 Å². The van der Waals surface area contributed by atoms with Gasteiger partial charge in [0, 0.05) is 11.1 Å². The minimum Gasteiger partial charge on any atom is -0.494 e. The van der Waals surface area contributed by atoms with Crippen LogP contribution in [0.1, 0.15) is 21.6 Å². The molecule has 2 aromatic rings. The van der Waals surface area contributed by atoms with Gasteiger partial charge in [-0.2, -0.15) is 0 Å². The fourth-order valence-corrected chi connectivity index (χ4v) is 1.73. The highest BCUT2D eigenvalue weighted by atomic mass is 16.5. The number of hydrogen-bond acceptors (Lipinski definition) is 3. The first-order valence-corrected chi connectivity index (χ1v) is 5.22. The molecule has 1 heterocycles. The first-order valence-electron chi connectivity index (χ1n) is 5.22. The van der Waals surface area contributed by atoms with E-state index in [1.165, 1.54) is 13.2 Å². The van der Waals surface area contributed by atoms with E-state index in [0.29, 0.717) is 11.3 Å². The van der Waals surface area contributed by atoms with Crippen molar-refractivity contribution in [2.75, 3.05) is 7.11 Å². The van der Waals surface area contributed by atoms with Gasteiger partial charge in [0.2, 0.25) is 0 Å². The number of aromatic nitrogens is 1. The molecule has 4 nitrogen and oxygen atoms in total. The molecule has 0 aliphatic heterocycles. The van der Waals surface area contributed by atoms with Crippen LogP contribution in [0, 0.1) is 13.8 Å². The zero-order valence-corrected chi connectivity index (χ0v) is 9.94. The third kappa shape index (κ3) is 1.93. The number of methoxy groups -OCH3 is 1. The van der Waals surface area contributed by atoms with Crippen molar-refractivity contribution in [3.05, 3.63) is 35.0 Å². The summed E-state index contributed by atoms with van der Waals surface area (Å²) in [5.41, 5.74) is 2.85. The van der Waals surface area contributed by atoms with Gasteiger partial charge in [-0.15, -0.1) is 0 Å². The van der Waals surface area contributed by atoms with E-state index in [-0.39, 0.29) is 5.56 Å². The van der Waals surface area contributed by atoms with Crippen LogP contribution >= 0.6 is 0 Å². The van der Waals surface area contributed by atoms with Crippen LogP contribution in [0.5, 0.6) is 5.75 Å². The molecular formula is C13H13NO3. The molecule has 4 heteroatoms. The van der Waals surface area contributed by atoms with Crippen LogP contribution in [0.2, 0.25) is 0 Å². The van der Waals surface area contributed by atoms with Crippen LogP contribution < -0.4 is 4.74 Å². The summed E-state index contributed by atoms with van der Waals surface area (Å²) in [5.74, 6) is -0.480. The van der Waals surface area contributed by atoms with Gasteiger partial charge in [0.15, 0.2) is 0 Å². The number of nitrogens with zero attached hydrogens (tertiary/aromatic N) is 1. The van der Waals surface area contributed by atoms with Gasteiger partial charge in [0.25, 0.3) is 0 Å². The third-order valence-electron chi connectivity index (χ3n) is 2.79. The highest BCUT2D eigenvalue weighted by Gasteiger charge is 2.11. The Bertz CT molecular complexity index is 605. The van der Waals surface area contributed by atoms with Crippen LogP contribution in [-0.4, -0.2) is 23.2 Å². The summed E-state index contributed by atoms with van der Waals surface area (Å²) in [7, 11) is 1.51. The van der Waals surface area contributed by atoms with E-state index in [1.807, 2.05) is 19.9 Å². The predicted octanol–water partition coefficient (Wildman–Crippen LogP) is 2.56. The number of carbonyl (C=O) groups is 1. The SMILES string of the molecule is COc1cc(C(=O)O)cc2cc(C)c(C)nc12. The van der Waals surface area contributed by atoms with E-state index < -0.39 is 5.97 Å². The molecule has 0 spiro atoms. The summed E-state index contributed by atoms with van der Waals surface area (Å²) >= 11 is 0. The van der Waals surface area contributed by atoms with Gasteiger partial charge in [0.1, 0.15) is 11.3 Å². The van der Waals surface area contributed by atoms with E-state index in [4.69, 9.17) is 9.84 Å². The van der Waals surface area contributed by atoms with E-state index in [0.717, 1.165) is 16.6 Å². The Hall–Kier alpha value is -2.10. The summed E-state index contributed by atoms with van der Waals surface area (Å²) in [6, 6.07) is 5.03. The molecule has 0 saturated carbocycles. The smallest absolute Gasteiger partial charge is 0.335 e. The van der Waals surface area contributed by atoms with Crippen molar-refractivity contribution in [2.45, 2.75) is 13.8 Å². The predicted molar refractivity (Wildman–Crippen MR) is 64.7 cm³/mol. The lowest BCUT2D eigenvalue weighted by molar-refractivity contribution is 0.0696. The number of carboxylic acid groups (broad SMARTS) is 1. The maximum Gasteiger partial charge on any atom is 0.335 e. The number of aryl methyl sites for hydroxylation is 2. The van der Waals surface area contributed by atoms with Crippen molar-refractivity contribution < 1.29 is 14.6 Å². The number of ether oxygens (including phenoxy) is 1. The summed E-state index contributed by atoms with van der Waals surface area (Å²) < 4.78 is 5.19. The van der Waals surface area contributed by atoms with E-state index >= 15 is 0 Å². The second kappa shape index (κ2) is 4.05. The van der Waals surface area contributed by atoms with Crippen LogP contribution in [-0.2, 0) is 0 Å². The molecule has 17 heavy (non-hydrogen) atoms. The van der Waals surface area contributed by atoms with Gasteiger partial charge in [-0.1, -0.05) is 0 Å². The highest BCUT2D eigenvalue weighted by Crippen LogP contribution is 2.27. The van der Waals surface area contributed by atoms with Crippen LogP contribution in [0.3, 0.4) is 0 Å². The molecule has 0 unspecified atom stereocenters. The second-order valence-corrected chi connectivity index (χ2v) is 3.95. The van der Waals surface area contributed by atoms with Crippen molar-refractivity contribution in [2.24, 2.45) is 0 Å². The zero-order chi connectivity index (χ0) is 12.6. The number of pyridine rings is 1. The minimum absolute atomic E-state index is 0.208. The Morgan fingerprint density at radius 3 is 2.59 bits per heavy atom. The topological polar surface area (TPSA) is 59.4 Å². The molecule has 0 atom stereocenters. The molecule has 88 valence electrons. The number of rotatable bonds is 2. The number of benzene rings is 1. The summed E-state index contributed by atoms with van der Waals surface area (Å²) in [4.78, 5) is 15.4. The number of fused-ring (bicyclic) bond motifs is 1. The normalized spacial score (nSPS) is 10.5. The standard InChI is InChI=1S/C13H13NO3/c1-7-4-9-5-10(13(15)16)6-11(17-3)12(9)14-8(7)2/h4-6H,1-3H3,(H,15,16). The first kappa shape index (κ1) is 11.4. The van der Waals surface area contributed by atoms with Gasteiger partial charge in [-0.05, 0) is 37.6 Å². The Kier molecular flexibility index (Phi) is 2.71. The zero-order valence-electron chi connectivity index (χ0n) is 9.94. The Balaban J connectivity index is 2.82. The molecule has 0 aliphatic rings. The maximum absolute atomic E-state index is 11.0. The molecule has 2 rings (SSSR count). The van der Waals surface area contributed by atoms with Crippen LogP contribution in [0.4, 0.5) is 0 Å². The average molecular weight is 231 g/mol. The molecule has 1 aromatic carbocycles. The highest BCUT2D eigenvalue weighted by molar-refractivity contribution is 5.96. The molecule has 1 N–H and O–H groups in total. The van der Waals surface area contributed by atoms with Gasteiger partial charge in [-0.25, -0.2) is 9.78 Å². The first-order chi connectivity index (χ1) is 8.02. The fourth-order valence-electron chi connectivity index (χ4n) is 1.73. The average Bonchev–Trinajstić information content (AvgIpc) is 2.29. The molecule has 0 bridgehead atoms. The second-order valence-electron chi connectivity index (χ2n) is 3.95. The van der Waals surface area contributed by atoms with Crippen molar-refractivity contribution in [3.63, 3.8) is 0 Å². The molecule has 0 aliphatic carbocycles. The lowest BCUT2D eigenvalue weighted by Gasteiger charge is -2.09. The van der Waals surface area contributed by atoms with Gasteiger partial charge in [0.05, 0.1) is 12.7 Å². The van der Waals surface area contributed by atoms with Gasteiger partial charge < -0.3 is 9.84 Å². The number of carboxylic acids is 1. The van der Waals surface area contributed by atoms with E-state index in [9.17, 15) is 4.79 Å². The Morgan fingerprint density at radius 2 is 2.00 bits per heavy atom. The largest absolute Gasteiger partial charge is 0.494 e.